The molecule has 3 heterocycles. The van der Waals surface area contributed by atoms with Gasteiger partial charge in [-0.05, 0) is 117 Å². The number of aromatic nitrogens is 5. The van der Waals surface area contributed by atoms with E-state index in [2.05, 4.69) is 188 Å². The number of nitrogens with zero attached hydrogens (tertiary/aromatic N) is 5. The van der Waals surface area contributed by atoms with Crippen LogP contribution in [0.4, 0.5) is 0 Å². The summed E-state index contributed by atoms with van der Waals surface area (Å²) >= 11 is 3.36. The van der Waals surface area contributed by atoms with Gasteiger partial charge in [-0.25, -0.2) is 24.9 Å². The lowest BCUT2D eigenvalue weighted by atomic mass is 9.95. The zero-order valence-electron chi connectivity index (χ0n) is 34.3. The van der Waals surface area contributed by atoms with Gasteiger partial charge in [-0.3, -0.25) is 0 Å². The van der Waals surface area contributed by atoms with Crippen molar-refractivity contribution in [2.24, 2.45) is 0 Å². The topological polar surface area (TPSA) is 64.5 Å². The molecule has 0 atom stereocenters. The van der Waals surface area contributed by atoms with Crippen LogP contribution < -0.4 is 0 Å². The van der Waals surface area contributed by atoms with Crippen LogP contribution >= 0.6 is 22.7 Å². The van der Waals surface area contributed by atoms with Gasteiger partial charge in [0.2, 0.25) is 0 Å². The molecule has 0 amide bonds. The Morgan fingerprint density at radius 2 is 0.641 bits per heavy atom. The van der Waals surface area contributed by atoms with E-state index in [9.17, 15) is 0 Å². The van der Waals surface area contributed by atoms with E-state index in [1.54, 1.807) is 22.7 Å². The summed E-state index contributed by atoms with van der Waals surface area (Å²) in [4.78, 5) is 26.3. The summed E-state index contributed by atoms with van der Waals surface area (Å²) in [6.07, 6.45) is 0. The van der Waals surface area contributed by atoms with E-state index in [1.165, 1.54) is 10.8 Å². The smallest absolute Gasteiger partial charge is 0.164 e. The first-order valence-electron chi connectivity index (χ1n) is 21.1. The summed E-state index contributed by atoms with van der Waals surface area (Å²) in [6, 6.07) is 74.3. The maximum Gasteiger partial charge on any atom is 0.164 e. The lowest BCUT2D eigenvalue weighted by molar-refractivity contribution is 1.07. The van der Waals surface area contributed by atoms with Gasteiger partial charge in [0, 0.05) is 27.8 Å². The van der Waals surface area contributed by atoms with E-state index in [4.69, 9.17) is 24.9 Å². The zero-order valence-corrected chi connectivity index (χ0v) is 35.9. The van der Waals surface area contributed by atoms with Crippen molar-refractivity contribution in [2.45, 2.75) is 0 Å². The van der Waals surface area contributed by atoms with Gasteiger partial charge in [0.1, 0.15) is 10.0 Å². The highest BCUT2D eigenvalue weighted by Gasteiger charge is 2.19. The summed E-state index contributed by atoms with van der Waals surface area (Å²) in [5.41, 5.74) is 13.1. The molecular weight excluding hydrogens is 819 g/mol. The molecule has 12 rings (SSSR count). The molecule has 5 nitrogen and oxygen atoms in total. The second kappa shape index (κ2) is 16.1. The molecule has 7 heteroatoms. The summed E-state index contributed by atoms with van der Waals surface area (Å²) in [7, 11) is 0. The van der Waals surface area contributed by atoms with Crippen LogP contribution in [0.5, 0.6) is 0 Å². The van der Waals surface area contributed by atoms with E-state index in [0.29, 0.717) is 17.5 Å². The highest BCUT2D eigenvalue weighted by molar-refractivity contribution is 7.22. The molecule has 12 aromatic rings. The van der Waals surface area contributed by atoms with E-state index in [0.717, 1.165) is 91.6 Å². The number of rotatable bonds is 8. The van der Waals surface area contributed by atoms with Crippen molar-refractivity contribution in [2.75, 3.05) is 0 Å². The molecule has 0 aliphatic rings. The predicted octanol–water partition coefficient (Wildman–Crippen LogP) is 15.6. The molecule has 0 radical (unpaired) electrons. The van der Waals surface area contributed by atoms with Gasteiger partial charge in [-0.15, -0.1) is 22.7 Å². The van der Waals surface area contributed by atoms with Crippen molar-refractivity contribution in [3.63, 3.8) is 0 Å². The molecule has 300 valence electrons. The third-order valence-corrected chi connectivity index (χ3v) is 13.7. The van der Waals surface area contributed by atoms with Crippen LogP contribution in [0.1, 0.15) is 0 Å². The number of para-hydroxylation sites is 2. The molecule has 0 N–H and O–H groups in total. The van der Waals surface area contributed by atoms with Crippen molar-refractivity contribution in [3.8, 4) is 88.7 Å². The minimum Gasteiger partial charge on any atom is -0.236 e. The average molecular weight is 854 g/mol. The first kappa shape index (κ1) is 37.8. The summed E-state index contributed by atoms with van der Waals surface area (Å²) in [6.45, 7) is 0. The summed E-state index contributed by atoms with van der Waals surface area (Å²) in [5.74, 6) is 1.73. The maximum absolute atomic E-state index is 5.38. The number of thiazole rings is 2. The van der Waals surface area contributed by atoms with Gasteiger partial charge in [-0.1, -0.05) is 140 Å². The molecular formula is C57H35N5S2. The van der Waals surface area contributed by atoms with Gasteiger partial charge in [0.05, 0.1) is 20.4 Å². The first-order valence-corrected chi connectivity index (χ1v) is 22.8. The Morgan fingerprint density at radius 3 is 1.22 bits per heavy atom. The van der Waals surface area contributed by atoms with E-state index >= 15 is 0 Å². The quantitative estimate of drug-likeness (QED) is 0.152. The van der Waals surface area contributed by atoms with Crippen LogP contribution in [-0.4, -0.2) is 24.9 Å². The van der Waals surface area contributed by atoms with Crippen LogP contribution in [0.2, 0.25) is 0 Å². The van der Waals surface area contributed by atoms with Crippen LogP contribution in [0.3, 0.4) is 0 Å². The zero-order chi connectivity index (χ0) is 42.4. The number of fused-ring (bicyclic) bond motifs is 3. The fourth-order valence-corrected chi connectivity index (χ4v) is 10.2. The third kappa shape index (κ3) is 7.32. The standard InChI is InChI=1S/C57H35N5S2/c1-3-14-36(15-4-1)43-30-44(37-16-5-2-6-17-37)32-45(31-43)54-60-53(42-21-13-20-40(29-42)41-27-26-38-18-7-8-19-39(38)28-41)61-55(62-54)46-33-47(56-58-49-22-9-11-24-51(49)63-56)35-48(34-46)57-59-50-23-10-12-25-52(50)64-57/h1-35H. The second-order valence-electron chi connectivity index (χ2n) is 15.8. The summed E-state index contributed by atoms with van der Waals surface area (Å²) in [5, 5.41) is 4.25. The minimum atomic E-state index is 0.563. The Balaban J connectivity index is 1.08. The van der Waals surface area contributed by atoms with Gasteiger partial charge in [0.15, 0.2) is 17.5 Å². The SMILES string of the molecule is c1ccc(-c2cc(-c3ccccc3)cc(-c3nc(-c4cccc(-c5ccc6ccccc6c5)c4)nc(-c4cc(-c5nc6ccccc6s5)cc(-c5nc6ccccc6s5)c4)n3)c2)cc1. The predicted molar refractivity (Wildman–Crippen MR) is 267 cm³/mol. The average Bonchev–Trinajstić information content (AvgIpc) is 4.02. The van der Waals surface area contributed by atoms with E-state index < -0.39 is 0 Å². The molecule has 0 spiro atoms. The fraction of sp³-hybridized carbons (Fsp3) is 0. The highest BCUT2D eigenvalue weighted by Crippen LogP contribution is 2.40. The van der Waals surface area contributed by atoms with Crippen molar-refractivity contribution >= 4 is 53.9 Å². The highest BCUT2D eigenvalue weighted by atomic mass is 32.1. The Labute approximate surface area is 377 Å². The van der Waals surface area contributed by atoms with Gasteiger partial charge >= 0.3 is 0 Å². The Kier molecular flexibility index (Phi) is 9.47. The molecule has 0 aliphatic heterocycles. The monoisotopic (exact) mass is 853 g/mol. The number of hydrogen-bond acceptors (Lipinski definition) is 7. The van der Waals surface area contributed by atoms with Crippen LogP contribution in [0.15, 0.2) is 212 Å². The lowest BCUT2D eigenvalue weighted by Gasteiger charge is -2.13. The van der Waals surface area contributed by atoms with Crippen molar-refractivity contribution < 1.29 is 0 Å². The van der Waals surface area contributed by atoms with Gasteiger partial charge in [0.25, 0.3) is 0 Å². The molecule has 9 aromatic carbocycles. The molecule has 64 heavy (non-hydrogen) atoms. The second-order valence-corrected chi connectivity index (χ2v) is 17.8. The van der Waals surface area contributed by atoms with Gasteiger partial charge < -0.3 is 0 Å². The summed E-state index contributed by atoms with van der Waals surface area (Å²) < 4.78 is 2.26. The largest absolute Gasteiger partial charge is 0.236 e. The van der Waals surface area contributed by atoms with E-state index in [-0.39, 0.29) is 0 Å². The van der Waals surface area contributed by atoms with Crippen LogP contribution in [0, 0.1) is 0 Å². The normalized spacial score (nSPS) is 11.4. The minimum absolute atomic E-state index is 0.563. The Morgan fingerprint density at radius 1 is 0.234 bits per heavy atom. The Bertz CT molecular complexity index is 3470. The Hall–Kier alpha value is -7.97. The third-order valence-electron chi connectivity index (χ3n) is 11.5. The molecule has 0 bridgehead atoms. The van der Waals surface area contributed by atoms with Crippen LogP contribution in [0.25, 0.3) is 120 Å². The molecule has 0 saturated heterocycles. The molecule has 0 unspecified atom stereocenters. The maximum atomic E-state index is 5.38. The lowest BCUT2D eigenvalue weighted by Crippen LogP contribution is -2.01. The van der Waals surface area contributed by atoms with E-state index in [1.807, 2.05) is 24.3 Å². The van der Waals surface area contributed by atoms with Crippen LogP contribution in [-0.2, 0) is 0 Å². The molecule has 0 saturated carbocycles. The van der Waals surface area contributed by atoms with Crippen molar-refractivity contribution in [1.29, 1.82) is 0 Å². The van der Waals surface area contributed by atoms with Gasteiger partial charge in [-0.2, -0.15) is 0 Å². The van der Waals surface area contributed by atoms with Crippen molar-refractivity contribution in [1.82, 2.24) is 24.9 Å². The fourth-order valence-electron chi connectivity index (χ4n) is 8.32. The number of hydrogen-bond donors (Lipinski definition) is 0. The molecule has 0 aliphatic carbocycles. The first-order chi connectivity index (χ1) is 31.6. The van der Waals surface area contributed by atoms with Crippen molar-refractivity contribution in [3.05, 3.63) is 212 Å². The molecule has 3 aromatic heterocycles. The number of benzene rings is 9. The molecule has 0 fully saturated rings.